The molecule has 2 atom stereocenters. The van der Waals surface area contributed by atoms with Gasteiger partial charge >= 0.3 is 0 Å². The van der Waals surface area contributed by atoms with Gasteiger partial charge in [0, 0.05) is 37.2 Å². The average molecular weight is 360 g/mol. The molecular weight excluding hydrogens is 335 g/mol. The zero-order valence-corrected chi connectivity index (χ0v) is 16.1. The third kappa shape index (κ3) is 2.47. The minimum Gasteiger partial charge on any atom is -0.378 e. The number of nitrogens with one attached hydrogen (secondary N) is 1. The van der Waals surface area contributed by atoms with Crippen molar-refractivity contribution in [2.24, 2.45) is 5.41 Å². The monoisotopic (exact) mass is 360 g/mol. The number of hydrogen-bond acceptors (Lipinski definition) is 3. The SMILES string of the molecule is COC1(C)CC(N(C)C(=O)c2c[nH]c3c(C)cc(F)cc3c2=O)C1(C)C. The summed E-state index contributed by atoms with van der Waals surface area (Å²) in [5.74, 6) is -0.860. The Bertz CT molecular complexity index is 950. The summed E-state index contributed by atoms with van der Waals surface area (Å²) in [4.78, 5) is 30.3. The molecule has 0 aliphatic heterocycles. The van der Waals surface area contributed by atoms with Gasteiger partial charge in [-0.25, -0.2) is 4.39 Å². The van der Waals surface area contributed by atoms with Gasteiger partial charge in [-0.15, -0.1) is 0 Å². The maximum absolute atomic E-state index is 13.7. The van der Waals surface area contributed by atoms with Crippen LogP contribution in [-0.2, 0) is 4.74 Å². The fraction of sp³-hybridized carbons (Fsp3) is 0.500. The summed E-state index contributed by atoms with van der Waals surface area (Å²) in [6.45, 7) is 7.85. The number of carbonyl (C=O) groups excluding carboxylic acids is 1. The highest BCUT2D eigenvalue weighted by Crippen LogP contribution is 2.53. The van der Waals surface area contributed by atoms with Crippen molar-refractivity contribution in [3.8, 4) is 0 Å². The summed E-state index contributed by atoms with van der Waals surface area (Å²) >= 11 is 0. The number of rotatable bonds is 3. The summed E-state index contributed by atoms with van der Waals surface area (Å²) in [7, 11) is 3.37. The van der Waals surface area contributed by atoms with Gasteiger partial charge in [-0.3, -0.25) is 9.59 Å². The van der Waals surface area contributed by atoms with Crippen LogP contribution in [0.5, 0.6) is 0 Å². The van der Waals surface area contributed by atoms with Crippen LogP contribution in [0, 0.1) is 18.2 Å². The normalized spacial score (nSPS) is 24.3. The number of benzene rings is 1. The quantitative estimate of drug-likeness (QED) is 0.914. The first-order valence-corrected chi connectivity index (χ1v) is 8.67. The van der Waals surface area contributed by atoms with E-state index in [0.29, 0.717) is 17.5 Å². The zero-order valence-electron chi connectivity index (χ0n) is 16.1. The second-order valence-corrected chi connectivity index (χ2v) is 7.97. The third-order valence-electron chi connectivity index (χ3n) is 6.40. The molecule has 0 saturated heterocycles. The molecule has 1 heterocycles. The number of H-pyrrole nitrogens is 1. The Kier molecular flexibility index (Phi) is 4.22. The van der Waals surface area contributed by atoms with E-state index in [1.54, 1.807) is 26.0 Å². The summed E-state index contributed by atoms with van der Waals surface area (Å²) in [6.07, 6.45) is 2.12. The molecule has 1 fully saturated rings. The number of aromatic amines is 1. The largest absolute Gasteiger partial charge is 0.378 e. The van der Waals surface area contributed by atoms with Gasteiger partial charge in [-0.05, 0) is 38.0 Å². The lowest BCUT2D eigenvalue weighted by Crippen LogP contribution is -2.68. The van der Waals surface area contributed by atoms with Gasteiger partial charge in [0.15, 0.2) is 0 Å². The number of pyridine rings is 1. The molecule has 1 saturated carbocycles. The minimum absolute atomic E-state index is 0.0202. The van der Waals surface area contributed by atoms with E-state index in [1.165, 1.54) is 18.3 Å². The van der Waals surface area contributed by atoms with Crippen molar-refractivity contribution in [3.63, 3.8) is 0 Å². The zero-order chi connectivity index (χ0) is 19.4. The van der Waals surface area contributed by atoms with Crippen molar-refractivity contribution >= 4 is 16.8 Å². The van der Waals surface area contributed by atoms with Gasteiger partial charge in [-0.2, -0.15) is 0 Å². The van der Waals surface area contributed by atoms with Gasteiger partial charge in [0.2, 0.25) is 5.43 Å². The highest BCUT2D eigenvalue weighted by molar-refractivity contribution is 5.97. The van der Waals surface area contributed by atoms with Crippen LogP contribution in [0.1, 0.15) is 43.1 Å². The van der Waals surface area contributed by atoms with Gasteiger partial charge < -0.3 is 14.6 Å². The van der Waals surface area contributed by atoms with Gasteiger partial charge in [0.05, 0.1) is 11.1 Å². The number of methoxy groups -OCH3 is 1. The second-order valence-electron chi connectivity index (χ2n) is 7.97. The number of nitrogens with zero attached hydrogens (tertiary/aromatic N) is 1. The maximum Gasteiger partial charge on any atom is 0.259 e. The van der Waals surface area contributed by atoms with Crippen LogP contribution in [0.4, 0.5) is 4.39 Å². The van der Waals surface area contributed by atoms with Gasteiger partial charge in [0.25, 0.3) is 5.91 Å². The van der Waals surface area contributed by atoms with E-state index in [-0.39, 0.29) is 33.9 Å². The van der Waals surface area contributed by atoms with Crippen molar-refractivity contribution in [1.82, 2.24) is 9.88 Å². The van der Waals surface area contributed by atoms with Crippen LogP contribution in [0.25, 0.3) is 10.9 Å². The summed E-state index contributed by atoms with van der Waals surface area (Å²) < 4.78 is 19.3. The molecule has 3 rings (SSSR count). The number of amides is 1. The molecule has 0 bridgehead atoms. The molecule has 1 aliphatic carbocycles. The molecule has 0 radical (unpaired) electrons. The van der Waals surface area contributed by atoms with E-state index in [0.717, 1.165) is 0 Å². The maximum atomic E-state index is 13.7. The molecule has 0 spiro atoms. The van der Waals surface area contributed by atoms with Crippen molar-refractivity contribution in [2.45, 2.75) is 45.8 Å². The third-order valence-corrected chi connectivity index (χ3v) is 6.40. The summed E-state index contributed by atoms with van der Waals surface area (Å²) in [5, 5.41) is 0.191. The number of ether oxygens (including phenoxy) is 1. The van der Waals surface area contributed by atoms with Crippen LogP contribution < -0.4 is 5.43 Å². The second kappa shape index (κ2) is 5.91. The number of fused-ring (bicyclic) bond motifs is 1. The van der Waals surface area contributed by atoms with Crippen LogP contribution in [0.15, 0.2) is 23.1 Å². The topological polar surface area (TPSA) is 62.4 Å². The van der Waals surface area contributed by atoms with E-state index in [1.807, 2.05) is 6.92 Å². The number of hydrogen-bond donors (Lipinski definition) is 1. The standard InChI is InChI=1S/C20H25FN2O3/c1-11-7-12(21)8-13-16(11)22-10-14(17(13)24)18(25)23(5)15-9-20(4,26-6)19(15,2)3/h7-8,10,15H,9H2,1-6H3,(H,22,24). The minimum atomic E-state index is -0.491. The molecule has 1 aromatic carbocycles. The highest BCUT2D eigenvalue weighted by atomic mass is 19.1. The van der Waals surface area contributed by atoms with Crippen LogP contribution in [0.2, 0.25) is 0 Å². The summed E-state index contributed by atoms with van der Waals surface area (Å²) in [5.41, 5.74) is 0.171. The van der Waals surface area contributed by atoms with E-state index in [4.69, 9.17) is 4.74 Å². The Balaban J connectivity index is 1.99. The predicted molar refractivity (Wildman–Crippen MR) is 99.0 cm³/mol. The first-order valence-electron chi connectivity index (χ1n) is 8.67. The Morgan fingerprint density at radius 2 is 2.00 bits per heavy atom. The van der Waals surface area contributed by atoms with Crippen molar-refractivity contribution < 1.29 is 13.9 Å². The summed E-state index contributed by atoms with van der Waals surface area (Å²) in [6, 6.07) is 2.48. The van der Waals surface area contributed by atoms with Gasteiger partial charge in [0.1, 0.15) is 11.4 Å². The molecule has 1 amide bonds. The molecule has 1 aliphatic rings. The molecular formula is C20H25FN2O3. The average Bonchev–Trinajstić information content (AvgIpc) is 2.59. The lowest BCUT2D eigenvalue weighted by molar-refractivity contribution is -0.198. The molecule has 1 aromatic heterocycles. The highest BCUT2D eigenvalue weighted by Gasteiger charge is 2.59. The van der Waals surface area contributed by atoms with E-state index < -0.39 is 11.2 Å². The number of halogens is 1. The Morgan fingerprint density at radius 1 is 1.35 bits per heavy atom. The predicted octanol–water partition coefficient (Wildman–Crippen LogP) is 3.25. The van der Waals surface area contributed by atoms with Gasteiger partial charge in [-0.1, -0.05) is 13.8 Å². The van der Waals surface area contributed by atoms with Crippen LogP contribution >= 0.6 is 0 Å². The molecule has 5 nitrogen and oxygen atoms in total. The molecule has 2 aromatic rings. The number of aromatic nitrogens is 1. The van der Waals surface area contributed by atoms with Crippen LogP contribution in [0.3, 0.4) is 0 Å². The Labute approximate surface area is 152 Å². The molecule has 140 valence electrons. The van der Waals surface area contributed by atoms with Crippen molar-refractivity contribution in [2.75, 3.05) is 14.2 Å². The lowest BCUT2D eigenvalue weighted by atomic mass is 9.55. The Hall–Kier alpha value is -2.21. The fourth-order valence-electron chi connectivity index (χ4n) is 4.04. The molecule has 26 heavy (non-hydrogen) atoms. The first kappa shape index (κ1) is 18.6. The van der Waals surface area contributed by atoms with Crippen LogP contribution in [-0.4, -0.2) is 41.6 Å². The lowest BCUT2D eigenvalue weighted by Gasteiger charge is -2.61. The fourth-order valence-corrected chi connectivity index (χ4v) is 4.04. The molecule has 2 unspecified atom stereocenters. The molecule has 6 heteroatoms. The Morgan fingerprint density at radius 3 is 2.58 bits per heavy atom. The van der Waals surface area contributed by atoms with Crippen molar-refractivity contribution in [3.05, 3.63) is 45.5 Å². The van der Waals surface area contributed by atoms with E-state index in [9.17, 15) is 14.0 Å². The number of carbonyl (C=O) groups is 1. The smallest absolute Gasteiger partial charge is 0.259 e. The van der Waals surface area contributed by atoms with E-state index in [2.05, 4.69) is 18.8 Å². The first-order chi connectivity index (χ1) is 12.0. The number of aryl methyl sites for hydroxylation is 1. The van der Waals surface area contributed by atoms with E-state index >= 15 is 0 Å². The molecule has 1 N–H and O–H groups in total. The van der Waals surface area contributed by atoms with Crippen molar-refractivity contribution in [1.29, 1.82) is 0 Å².